The zero-order valence-corrected chi connectivity index (χ0v) is 18.8. The zero-order chi connectivity index (χ0) is 23.5. The highest BCUT2D eigenvalue weighted by Gasteiger charge is 2.19. The average molecular weight is 436 g/mol. The second kappa shape index (κ2) is 12.0. The van der Waals surface area contributed by atoms with Gasteiger partial charge < -0.3 is 15.6 Å². The summed E-state index contributed by atoms with van der Waals surface area (Å²) in [5.74, 6) is -0.118. The smallest absolute Gasteiger partial charge is 0.321 e. The molecule has 0 atom stereocenters. The Labute approximate surface area is 187 Å². The van der Waals surface area contributed by atoms with E-state index in [4.69, 9.17) is 5.73 Å². The van der Waals surface area contributed by atoms with E-state index in [-0.39, 0.29) is 11.7 Å². The highest BCUT2D eigenvalue weighted by atomic mass is 16.2. The number of urea groups is 1. The van der Waals surface area contributed by atoms with Crippen LogP contribution in [0, 0.1) is 0 Å². The molecule has 0 aliphatic rings. The van der Waals surface area contributed by atoms with Gasteiger partial charge >= 0.3 is 6.03 Å². The molecular weight excluding hydrogens is 406 g/mol. The lowest BCUT2D eigenvalue weighted by Gasteiger charge is -2.11. The SMILES string of the molecule is CC.CCNC(=O)NC(N)=Nc1ccc(-c2cccnc2)cc1C(=O)c1nccn1CC. The molecule has 0 saturated carbocycles. The Morgan fingerprint density at radius 2 is 1.91 bits per heavy atom. The molecule has 4 N–H and O–H groups in total. The Morgan fingerprint density at radius 3 is 2.56 bits per heavy atom. The number of amides is 2. The number of aryl methyl sites for hydroxylation is 1. The van der Waals surface area contributed by atoms with Crippen molar-refractivity contribution in [3.05, 3.63) is 66.5 Å². The monoisotopic (exact) mass is 435 g/mol. The van der Waals surface area contributed by atoms with Gasteiger partial charge in [0.05, 0.1) is 11.3 Å². The zero-order valence-electron chi connectivity index (χ0n) is 18.8. The van der Waals surface area contributed by atoms with Crippen molar-refractivity contribution in [3.8, 4) is 11.1 Å². The van der Waals surface area contributed by atoms with Crippen LogP contribution in [-0.4, -0.2) is 38.9 Å². The van der Waals surface area contributed by atoms with Crippen LogP contribution in [0.2, 0.25) is 0 Å². The van der Waals surface area contributed by atoms with E-state index in [0.29, 0.717) is 30.2 Å². The van der Waals surface area contributed by atoms with Crippen molar-refractivity contribution in [1.29, 1.82) is 0 Å². The quantitative estimate of drug-likeness (QED) is 0.310. The number of benzene rings is 1. The number of hydrogen-bond acceptors (Lipinski definition) is 5. The lowest BCUT2D eigenvalue weighted by molar-refractivity contribution is 0.102. The molecule has 2 aromatic heterocycles. The summed E-state index contributed by atoms with van der Waals surface area (Å²) in [7, 11) is 0. The predicted molar refractivity (Wildman–Crippen MR) is 126 cm³/mol. The van der Waals surface area contributed by atoms with E-state index in [1.165, 1.54) is 0 Å². The summed E-state index contributed by atoms with van der Waals surface area (Å²) in [4.78, 5) is 37.6. The first-order chi connectivity index (χ1) is 15.5. The van der Waals surface area contributed by atoms with Crippen LogP contribution in [0.5, 0.6) is 0 Å². The van der Waals surface area contributed by atoms with Gasteiger partial charge in [-0.15, -0.1) is 0 Å². The van der Waals surface area contributed by atoms with Gasteiger partial charge in [0.25, 0.3) is 0 Å². The number of carbonyl (C=O) groups excluding carboxylic acids is 2. The maximum Gasteiger partial charge on any atom is 0.321 e. The Bertz CT molecular complexity index is 1070. The largest absolute Gasteiger partial charge is 0.369 e. The molecule has 3 aromatic rings. The highest BCUT2D eigenvalue weighted by molar-refractivity contribution is 6.11. The molecule has 0 aliphatic heterocycles. The molecule has 2 heterocycles. The fourth-order valence-electron chi connectivity index (χ4n) is 2.90. The lowest BCUT2D eigenvalue weighted by atomic mass is 10.0. The Balaban J connectivity index is 0.00000176. The van der Waals surface area contributed by atoms with Crippen molar-refractivity contribution in [2.45, 2.75) is 34.2 Å². The van der Waals surface area contributed by atoms with Gasteiger partial charge in [0.2, 0.25) is 11.7 Å². The first kappa shape index (κ1) is 24.3. The summed E-state index contributed by atoms with van der Waals surface area (Å²) in [5.41, 5.74) is 8.17. The molecule has 3 rings (SSSR count). The van der Waals surface area contributed by atoms with E-state index in [9.17, 15) is 9.59 Å². The fourth-order valence-corrected chi connectivity index (χ4v) is 2.90. The molecule has 9 nitrogen and oxygen atoms in total. The van der Waals surface area contributed by atoms with Gasteiger partial charge in [0.15, 0.2) is 5.82 Å². The minimum atomic E-state index is -0.472. The number of pyridine rings is 1. The molecule has 2 amide bonds. The fraction of sp³-hybridized carbons (Fsp3) is 0.261. The Morgan fingerprint density at radius 1 is 1.12 bits per heavy atom. The molecule has 32 heavy (non-hydrogen) atoms. The van der Waals surface area contributed by atoms with Gasteiger partial charge in [-0.25, -0.2) is 14.8 Å². The topological polar surface area (TPSA) is 127 Å². The summed E-state index contributed by atoms with van der Waals surface area (Å²) in [6.45, 7) is 8.76. The number of nitrogens with two attached hydrogens (primary N) is 1. The van der Waals surface area contributed by atoms with Crippen molar-refractivity contribution in [2.75, 3.05) is 6.54 Å². The molecule has 0 bridgehead atoms. The first-order valence-corrected chi connectivity index (χ1v) is 10.5. The third kappa shape index (κ3) is 6.00. The van der Waals surface area contributed by atoms with E-state index in [2.05, 4.69) is 25.6 Å². The summed E-state index contributed by atoms with van der Waals surface area (Å²) >= 11 is 0. The molecule has 0 fully saturated rings. The minimum absolute atomic E-state index is 0.122. The van der Waals surface area contributed by atoms with Crippen molar-refractivity contribution in [2.24, 2.45) is 10.7 Å². The molecule has 9 heteroatoms. The highest BCUT2D eigenvalue weighted by Crippen LogP contribution is 2.28. The molecule has 0 spiro atoms. The van der Waals surface area contributed by atoms with E-state index in [1.54, 1.807) is 48.4 Å². The number of aliphatic imine (C=N–C) groups is 1. The summed E-state index contributed by atoms with van der Waals surface area (Å²) in [6.07, 6.45) is 6.71. The van der Waals surface area contributed by atoms with Crippen LogP contribution in [0.1, 0.15) is 43.9 Å². The van der Waals surface area contributed by atoms with Crippen molar-refractivity contribution in [3.63, 3.8) is 0 Å². The number of nitrogens with one attached hydrogen (secondary N) is 2. The van der Waals surface area contributed by atoms with Crippen LogP contribution in [0.4, 0.5) is 10.5 Å². The normalized spacial score (nSPS) is 10.7. The standard InChI is InChI=1S/C21H23N7O2.C2H6/c1-3-24-21(30)27-20(22)26-17-8-7-14(15-6-5-9-23-13-15)12-16(17)18(29)19-25-10-11-28(19)4-2;1-2/h5-13H,3-4H2,1-2H3,(H4,22,24,26,27,30);1-2H3. The van der Waals surface area contributed by atoms with Crippen LogP contribution in [0.3, 0.4) is 0 Å². The van der Waals surface area contributed by atoms with Crippen molar-refractivity contribution < 1.29 is 9.59 Å². The van der Waals surface area contributed by atoms with Crippen LogP contribution >= 0.6 is 0 Å². The maximum atomic E-state index is 13.3. The number of nitrogens with zero attached hydrogens (tertiary/aromatic N) is 4. The van der Waals surface area contributed by atoms with Crippen LogP contribution in [0.25, 0.3) is 11.1 Å². The van der Waals surface area contributed by atoms with Crippen LogP contribution in [-0.2, 0) is 6.54 Å². The number of carbonyl (C=O) groups is 2. The number of aromatic nitrogens is 3. The molecule has 1 aromatic carbocycles. The van der Waals surface area contributed by atoms with E-state index >= 15 is 0 Å². The molecule has 0 saturated heterocycles. The van der Waals surface area contributed by atoms with Gasteiger partial charge in [-0.05, 0) is 37.6 Å². The summed E-state index contributed by atoms with van der Waals surface area (Å²) in [5, 5.41) is 5.00. The molecular formula is C23H29N7O2. The Kier molecular flexibility index (Phi) is 9.09. The van der Waals surface area contributed by atoms with E-state index in [1.807, 2.05) is 39.0 Å². The van der Waals surface area contributed by atoms with Gasteiger partial charge in [-0.3, -0.25) is 15.1 Å². The minimum Gasteiger partial charge on any atom is -0.369 e. The molecule has 0 aliphatic carbocycles. The summed E-state index contributed by atoms with van der Waals surface area (Å²) in [6, 6.07) is 8.48. The number of imidazole rings is 1. The molecule has 0 unspecified atom stereocenters. The van der Waals surface area contributed by atoms with Gasteiger partial charge in [0, 0.05) is 43.4 Å². The predicted octanol–water partition coefficient (Wildman–Crippen LogP) is 3.49. The van der Waals surface area contributed by atoms with Crippen LogP contribution in [0.15, 0.2) is 60.1 Å². The number of hydrogen-bond donors (Lipinski definition) is 3. The molecule has 0 radical (unpaired) electrons. The number of rotatable bonds is 6. The van der Waals surface area contributed by atoms with Gasteiger partial charge in [0.1, 0.15) is 0 Å². The van der Waals surface area contributed by atoms with E-state index in [0.717, 1.165) is 11.1 Å². The first-order valence-electron chi connectivity index (χ1n) is 10.5. The number of ketones is 1. The van der Waals surface area contributed by atoms with Gasteiger partial charge in [-0.1, -0.05) is 26.0 Å². The Hall–Kier alpha value is -4.01. The molecule has 168 valence electrons. The third-order valence-corrected chi connectivity index (χ3v) is 4.32. The van der Waals surface area contributed by atoms with Crippen molar-refractivity contribution >= 4 is 23.5 Å². The van der Waals surface area contributed by atoms with Crippen molar-refractivity contribution in [1.82, 2.24) is 25.2 Å². The lowest BCUT2D eigenvalue weighted by Crippen LogP contribution is -2.43. The van der Waals surface area contributed by atoms with E-state index < -0.39 is 6.03 Å². The average Bonchev–Trinajstić information content (AvgIpc) is 3.30. The second-order valence-corrected chi connectivity index (χ2v) is 6.32. The maximum absolute atomic E-state index is 13.3. The van der Waals surface area contributed by atoms with Crippen LogP contribution < -0.4 is 16.4 Å². The second-order valence-electron chi connectivity index (χ2n) is 6.32. The number of guanidine groups is 1. The third-order valence-electron chi connectivity index (χ3n) is 4.32. The van der Waals surface area contributed by atoms with Gasteiger partial charge in [-0.2, -0.15) is 0 Å². The summed E-state index contributed by atoms with van der Waals surface area (Å²) < 4.78 is 1.75.